The van der Waals surface area contributed by atoms with Crippen molar-refractivity contribution >= 4 is 109 Å². The summed E-state index contributed by atoms with van der Waals surface area (Å²) < 4.78 is 25.2. The number of nitrogens with zero attached hydrogens (tertiary/aromatic N) is 1. The molecule has 0 unspecified atom stereocenters. The van der Waals surface area contributed by atoms with Crippen molar-refractivity contribution in [1.82, 2.24) is 9.97 Å². The van der Waals surface area contributed by atoms with Crippen LogP contribution in [0.2, 0.25) is 0 Å². The number of amides is 3. The number of alkyl halides is 1. The SMILES string of the molecule is CCCCO[PH](OC)(OCCCC)Oc1cc2c(c3ccccc13)[C@H](CCl)CN2C(=O)c1cc2cc(NC(=O)c3cc4cc(NC(=O)CCSSC)ccc4[nH]3)ccc2[nH]1. The van der Waals surface area contributed by atoms with Gasteiger partial charge in [0.15, 0.2) is 0 Å². The molecule has 1 aliphatic rings. The van der Waals surface area contributed by atoms with Crippen LogP contribution in [0.3, 0.4) is 0 Å². The van der Waals surface area contributed by atoms with Crippen LogP contribution in [0.25, 0.3) is 32.6 Å². The van der Waals surface area contributed by atoms with E-state index in [1.165, 1.54) is 0 Å². The van der Waals surface area contributed by atoms with E-state index in [4.69, 9.17) is 29.7 Å². The zero-order chi connectivity index (χ0) is 42.2. The van der Waals surface area contributed by atoms with Crippen LogP contribution in [0.4, 0.5) is 17.1 Å². The first-order valence-electron chi connectivity index (χ1n) is 20.2. The van der Waals surface area contributed by atoms with Gasteiger partial charge in [0.1, 0.15) is 5.69 Å². The Morgan fingerprint density at radius 1 is 0.850 bits per heavy atom. The first-order chi connectivity index (χ1) is 29.2. The van der Waals surface area contributed by atoms with Crippen LogP contribution in [0.5, 0.6) is 5.75 Å². The first-order valence-corrected chi connectivity index (χ1v) is 25.1. The monoisotopic (exact) mass is 891 g/mol. The molecular weight excluding hydrogens is 841 g/mol. The van der Waals surface area contributed by atoms with Crippen molar-refractivity contribution in [2.24, 2.45) is 0 Å². The molecule has 12 nitrogen and oxygen atoms in total. The average Bonchev–Trinajstić information content (AvgIpc) is 3.99. The molecule has 7 rings (SSSR count). The molecule has 3 heterocycles. The molecule has 4 aromatic carbocycles. The molecule has 318 valence electrons. The van der Waals surface area contributed by atoms with Gasteiger partial charge in [-0.25, -0.2) is 0 Å². The number of H-pyrrole nitrogens is 2. The van der Waals surface area contributed by atoms with E-state index in [-0.39, 0.29) is 23.6 Å². The van der Waals surface area contributed by atoms with Crippen LogP contribution < -0.4 is 20.1 Å². The fraction of sp³-hybridized carbons (Fsp3) is 0.341. The number of nitrogens with one attached hydrogen (secondary N) is 4. The van der Waals surface area contributed by atoms with Gasteiger partial charge in [0.2, 0.25) is 5.91 Å². The van der Waals surface area contributed by atoms with Crippen molar-refractivity contribution in [3.05, 3.63) is 95.8 Å². The van der Waals surface area contributed by atoms with E-state index in [0.29, 0.717) is 66.3 Å². The van der Waals surface area contributed by atoms with Gasteiger partial charge in [-0.05, 0) is 30.5 Å². The molecule has 0 radical (unpaired) electrons. The number of hydrogen-bond donors (Lipinski definition) is 4. The van der Waals surface area contributed by atoms with Gasteiger partial charge in [0, 0.05) is 28.8 Å². The van der Waals surface area contributed by atoms with Crippen molar-refractivity contribution in [3.63, 3.8) is 0 Å². The van der Waals surface area contributed by atoms with E-state index < -0.39 is 8.17 Å². The summed E-state index contributed by atoms with van der Waals surface area (Å²) in [7, 11) is 1.19. The molecule has 0 saturated carbocycles. The number of fused-ring (bicyclic) bond motifs is 5. The van der Waals surface area contributed by atoms with Crippen molar-refractivity contribution in [2.45, 2.75) is 51.9 Å². The Kier molecular flexibility index (Phi) is 14.7. The third kappa shape index (κ3) is 9.76. The Morgan fingerprint density at radius 2 is 1.48 bits per heavy atom. The zero-order valence-electron chi connectivity index (χ0n) is 34.2. The van der Waals surface area contributed by atoms with Gasteiger partial charge >= 0.3 is 247 Å². The molecule has 16 heteroatoms. The summed E-state index contributed by atoms with van der Waals surface area (Å²) >= 11 is 6.61. The van der Waals surface area contributed by atoms with Crippen molar-refractivity contribution in [2.75, 3.05) is 60.3 Å². The van der Waals surface area contributed by atoms with E-state index >= 15 is 0 Å². The molecule has 0 aliphatic carbocycles. The standard InChI is InChI=1S/C44H51ClN5O7PS2/c1-5-7-18-55-58(54-3,56-19-8-6-2)57-40-25-39-42(34-12-10-9-11-33(34)40)30(26-45)27-50(39)44(53)38-24-29-22-32(14-16-36(29)49-38)47-43(52)37-23-28-21-31(13-15-35(28)48-37)46-41(51)17-20-60-59-4/h9-16,21-25,30,48-49,58H,5-8,17-20,26-27H2,1-4H3,(H,46,51)(H,47,52)/t30-/m1/s1. The Bertz CT molecular complexity index is 2490. The third-order valence-electron chi connectivity index (χ3n) is 10.4. The number of aromatic amines is 2. The van der Waals surface area contributed by atoms with Crippen molar-refractivity contribution in [1.29, 1.82) is 0 Å². The van der Waals surface area contributed by atoms with Crippen LogP contribution in [0.15, 0.2) is 78.9 Å². The molecule has 4 N–H and O–H groups in total. The molecule has 6 aromatic rings. The summed E-state index contributed by atoms with van der Waals surface area (Å²) in [4.78, 5) is 48.5. The first kappa shape index (κ1) is 43.8. The molecule has 60 heavy (non-hydrogen) atoms. The number of carbonyl (C=O) groups is 3. The van der Waals surface area contributed by atoms with Gasteiger partial charge in [-0.2, -0.15) is 0 Å². The van der Waals surface area contributed by atoms with Gasteiger partial charge < -0.3 is 10.3 Å². The fourth-order valence-electron chi connectivity index (χ4n) is 7.34. The number of benzene rings is 4. The molecule has 0 saturated heterocycles. The molecule has 0 bridgehead atoms. The quantitative estimate of drug-likeness (QED) is 0.0254. The maximum absolute atomic E-state index is 14.5. The van der Waals surface area contributed by atoms with E-state index in [0.717, 1.165) is 69.6 Å². The molecule has 1 aliphatic heterocycles. The van der Waals surface area contributed by atoms with Gasteiger partial charge in [0.25, 0.3) is 5.91 Å². The van der Waals surface area contributed by atoms with E-state index in [9.17, 15) is 14.4 Å². The Labute approximate surface area is 363 Å². The summed E-state index contributed by atoms with van der Waals surface area (Å²) in [6.45, 7) is 5.43. The number of anilines is 3. The number of halogens is 1. The topological polar surface area (TPSA) is 147 Å². The van der Waals surface area contributed by atoms with Crippen LogP contribution in [-0.2, 0) is 18.4 Å². The number of aromatic nitrogens is 2. The number of carbonyl (C=O) groups excluding carboxylic acids is 3. The van der Waals surface area contributed by atoms with Crippen LogP contribution in [-0.4, -0.2) is 72.4 Å². The second-order valence-corrected chi connectivity index (χ2v) is 19.7. The second-order valence-electron chi connectivity index (χ2n) is 14.5. The van der Waals surface area contributed by atoms with Crippen LogP contribution >= 0.6 is 41.4 Å². The Balaban J connectivity index is 1.12. The van der Waals surface area contributed by atoms with Gasteiger partial charge in [-0.3, -0.25) is 9.59 Å². The Hall–Kier alpha value is -4.27. The third-order valence-corrected chi connectivity index (χ3v) is 14.7. The van der Waals surface area contributed by atoms with E-state index in [1.807, 2.05) is 66.9 Å². The van der Waals surface area contributed by atoms with Gasteiger partial charge in [-0.15, -0.1) is 0 Å². The molecule has 2 aromatic heterocycles. The van der Waals surface area contributed by atoms with Crippen molar-refractivity contribution < 1.29 is 32.5 Å². The molecule has 1 atom stereocenters. The minimum atomic E-state index is -3.64. The molecular formula is C44H51ClN5O7PS2. The van der Waals surface area contributed by atoms with Gasteiger partial charge in [0.05, 0.1) is 0 Å². The summed E-state index contributed by atoms with van der Waals surface area (Å²) in [6, 6.07) is 24.3. The maximum atomic E-state index is 14.5. The predicted octanol–water partition coefficient (Wildman–Crippen LogP) is 11.4. The summed E-state index contributed by atoms with van der Waals surface area (Å²) in [6.07, 6.45) is 5.95. The zero-order valence-corrected chi connectivity index (χ0v) is 37.5. The van der Waals surface area contributed by atoms with Crippen LogP contribution in [0.1, 0.15) is 78.4 Å². The van der Waals surface area contributed by atoms with E-state index in [1.54, 1.807) is 51.8 Å². The normalized spacial score (nSPS) is 14.2. The fourth-order valence-corrected chi connectivity index (χ4v) is 10.5. The number of rotatable bonds is 20. The number of unbranched alkanes of at least 4 members (excludes halogenated alkanes) is 2. The van der Waals surface area contributed by atoms with Crippen molar-refractivity contribution in [3.8, 4) is 5.75 Å². The second kappa shape index (κ2) is 20.1. The van der Waals surface area contributed by atoms with E-state index in [2.05, 4.69) is 34.4 Å². The molecule has 0 spiro atoms. The average molecular weight is 892 g/mol. The summed E-state index contributed by atoms with van der Waals surface area (Å²) in [5, 5.41) is 9.25. The number of hydrogen-bond acceptors (Lipinski definition) is 9. The predicted molar refractivity (Wildman–Crippen MR) is 251 cm³/mol. The summed E-state index contributed by atoms with van der Waals surface area (Å²) in [5.74, 6) is 0.830. The van der Waals surface area contributed by atoms with Crippen LogP contribution in [0, 0.1) is 0 Å². The molecule has 0 fully saturated rings. The Morgan fingerprint density at radius 3 is 2.12 bits per heavy atom. The minimum absolute atomic E-state index is 0.0565. The molecule has 3 amide bonds. The van der Waals surface area contributed by atoms with Gasteiger partial charge in [-0.1, -0.05) is 21.6 Å². The summed E-state index contributed by atoms with van der Waals surface area (Å²) in [5.41, 5.74) is 5.18.